The van der Waals surface area contributed by atoms with Gasteiger partial charge in [0, 0.05) is 12.6 Å². The highest BCUT2D eigenvalue weighted by Gasteiger charge is 2.22. The molecule has 19 heavy (non-hydrogen) atoms. The summed E-state index contributed by atoms with van der Waals surface area (Å²) < 4.78 is 5.29. The molecule has 0 heterocycles. The van der Waals surface area contributed by atoms with Gasteiger partial charge in [-0.1, -0.05) is 18.1 Å². The Balaban J connectivity index is 1.67. The van der Waals surface area contributed by atoms with Crippen LogP contribution in [0.3, 0.4) is 0 Å². The number of nitrogens with one attached hydrogen (secondary N) is 2. The number of hydrogen-bond donors (Lipinski definition) is 2. The number of rotatable bonds is 6. The van der Waals surface area contributed by atoms with Crippen LogP contribution in [0.15, 0.2) is 24.3 Å². The van der Waals surface area contributed by atoms with Crippen molar-refractivity contribution in [3.8, 4) is 18.1 Å². The van der Waals surface area contributed by atoms with E-state index in [0.29, 0.717) is 12.6 Å². The molecule has 1 fully saturated rings. The lowest BCUT2D eigenvalue weighted by molar-refractivity contribution is 0.240. The zero-order valence-corrected chi connectivity index (χ0v) is 10.8. The fourth-order valence-corrected chi connectivity index (χ4v) is 1.66. The molecule has 2 rings (SSSR count). The highest BCUT2D eigenvalue weighted by atomic mass is 16.5. The lowest BCUT2D eigenvalue weighted by Crippen LogP contribution is -2.37. The van der Waals surface area contributed by atoms with Crippen molar-refractivity contribution in [2.45, 2.75) is 25.3 Å². The van der Waals surface area contributed by atoms with E-state index in [1.165, 1.54) is 0 Å². The van der Waals surface area contributed by atoms with Gasteiger partial charge in [0.05, 0.1) is 0 Å². The van der Waals surface area contributed by atoms with Gasteiger partial charge in [-0.3, -0.25) is 0 Å². The number of carbonyl (C=O) groups is 1. The third-order valence-electron chi connectivity index (χ3n) is 2.86. The average Bonchev–Trinajstić information content (AvgIpc) is 3.22. The largest absolute Gasteiger partial charge is 0.481 e. The molecular weight excluding hydrogens is 240 g/mol. The molecule has 0 atom stereocenters. The number of urea groups is 1. The first-order valence-corrected chi connectivity index (χ1v) is 6.47. The Bertz CT molecular complexity index is 458. The van der Waals surface area contributed by atoms with Crippen molar-refractivity contribution in [2.24, 2.45) is 0 Å². The maximum absolute atomic E-state index is 11.4. The lowest BCUT2D eigenvalue weighted by Gasteiger charge is -2.07. The van der Waals surface area contributed by atoms with Gasteiger partial charge in [-0.25, -0.2) is 4.79 Å². The van der Waals surface area contributed by atoms with Crippen LogP contribution in [-0.2, 0) is 6.42 Å². The number of benzene rings is 1. The minimum atomic E-state index is -0.0727. The number of hydrogen-bond acceptors (Lipinski definition) is 2. The maximum atomic E-state index is 11.4. The monoisotopic (exact) mass is 258 g/mol. The van der Waals surface area contributed by atoms with Crippen LogP contribution < -0.4 is 15.4 Å². The maximum Gasteiger partial charge on any atom is 0.315 e. The Hall–Kier alpha value is -2.15. The molecule has 100 valence electrons. The van der Waals surface area contributed by atoms with Crippen LogP contribution in [0.1, 0.15) is 18.4 Å². The number of terminal acetylenes is 1. The SMILES string of the molecule is C#CCOc1ccc(CCNC(=O)NC2CC2)cc1. The molecule has 1 saturated carbocycles. The van der Waals surface area contributed by atoms with Gasteiger partial charge in [-0.15, -0.1) is 6.42 Å². The second kappa shape index (κ2) is 6.69. The summed E-state index contributed by atoms with van der Waals surface area (Å²) in [4.78, 5) is 11.4. The lowest BCUT2D eigenvalue weighted by atomic mass is 10.1. The Morgan fingerprint density at radius 3 is 2.74 bits per heavy atom. The van der Waals surface area contributed by atoms with Crippen molar-refractivity contribution >= 4 is 6.03 Å². The molecule has 4 nitrogen and oxygen atoms in total. The molecule has 2 amide bonds. The minimum Gasteiger partial charge on any atom is -0.481 e. The summed E-state index contributed by atoms with van der Waals surface area (Å²) >= 11 is 0. The van der Waals surface area contributed by atoms with Crippen LogP contribution in [0.5, 0.6) is 5.75 Å². The summed E-state index contributed by atoms with van der Waals surface area (Å²) in [5.41, 5.74) is 1.15. The first kappa shape index (κ1) is 13.3. The molecule has 0 aliphatic heterocycles. The summed E-state index contributed by atoms with van der Waals surface area (Å²) in [6.07, 6.45) is 8.12. The average molecular weight is 258 g/mol. The van der Waals surface area contributed by atoms with Crippen LogP contribution in [0.2, 0.25) is 0 Å². The Labute approximate surface area is 113 Å². The predicted octanol–water partition coefficient (Wildman–Crippen LogP) is 1.70. The molecular formula is C15H18N2O2. The fraction of sp³-hybridized carbons (Fsp3) is 0.400. The zero-order chi connectivity index (χ0) is 13.5. The van der Waals surface area contributed by atoms with Gasteiger partial charge in [0.2, 0.25) is 0 Å². The highest BCUT2D eigenvalue weighted by molar-refractivity contribution is 5.74. The Morgan fingerprint density at radius 2 is 2.11 bits per heavy atom. The molecule has 1 aliphatic rings. The molecule has 0 radical (unpaired) electrons. The first-order chi connectivity index (χ1) is 9.28. The minimum absolute atomic E-state index is 0.0727. The molecule has 1 aliphatic carbocycles. The molecule has 0 saturated heterocycles. The van der Waals surface area contributed by atoms with E-state index in [2.05, 4.69) is 16.6 Å². The number of ether oxygens (including phenoxy) is 1. The van der Waals surface area contributed by atoms with Crippen LogP contribution in [0, 0.1) is 12.3 Å². The number of amides is 2. The molecule has 0 bridgehead atoms. The second-order valence-corrected chi connectivity index (χ2v) is 4.56. The van der Waals surface area contributed by atoms with Gasteiger partial charge in [0.15, 0.2) is 0 Å². The van der Waals surface area contributed by atoms with Gasteiger partial charge >= 0.3 is 6.03 Å². The van der Waals surface area contributed by atoms with Crippen molar-refractivity contribution in [1.82, 2.24) is 10.6 Å². The van der Waals surface area contributed by atoms with E-state index >= 15 is 0 Å². The topological polar surface area (TPSA) is 50.4 Å². The van der Waals surface area contributed by atoms with E-state index in [1.54, 1.807) is 0 Å². The van der Waals surface area contributed by atoms with Crippen molar-refractivity contribution in [2.75, 3.05) is 13.2 Å². The van der Waals surface area contributed by atoms with Crippen LogP contribution in [-0.4, -0.2) is 25.2 Å². The Kier molecular flexibility index (Phi) is 4.68. The van der Waals surface area contributed by atoms with E-state index in [-0.39, 0.29) is 12.6 Å². The van der Waals surface area contributed by atoms with Gasteiger partial charge in [-0.05, 0) is 37.0 Å². The van der Waals surface area contributed by atoms with Crippen molar-refractivity contribution < 1.29 is 9.53 Å². The quantitative estimate of drug-likeness (QED) is 0.763. The smallest absolute Gasteiger partial charge is 0.315 e. The molecule has 0 spiro atoms. The van der Waals surface area contributed by atoms with Crippen LogP contribution in [0.4, 0.5) is 4.79 Å². The van der Waals surface area contributed by atoms with E-state index in [0.717, 1.165) is 30.6 Å². The Morgan fingerprint density at radius 1 is 1.37 bits per heavy atom. The van der Waals surface area contributed by atoms with Crippen molar-refractivity contribution in [1.29, 1.82) is 0 Å². The molecule has 4 heteroatoms. The van der Waals surface area contributed by atoms with Crippen molar-refractivity contribution in [3.05, 3.63) is 29.8 Å². The van der Waals surface area contributed by atoms with Crippen LogP contribution in [0.25, 0.3) is 0 Å². The molecule has 1 aromatic rings. The zero-order valence-electron chi connectivity index (χ0n) is 10.8. The normalized spacial score (nSPS) is 13.4. The molecule has 1 aromatic carbocycles. The van der Waals surface area contributed by atoms with E-state index < -0.39 is 0 Å². The summed E-state index contributed by atoms with van der Waals surface area (Å²) in [6.45, 7) is 0.908. The third kappa shape index (κ3) is 4.92. The van der Waals surface area contributed by atoms with E-state index in [9.17, 15) is 4.79 Å². The van der Waals surface area contributed by atoms with Gasteiger partial charge < -0.3 is 15.4 Å². The third-order valence-corrected chi connectivity index (χ3v) is 2.86. The molecule has 0 aromatic heterocycles. The number of carbonyl (C=O) groups excluding carboxylic acids is 1. The van der Waals surface area contributed by atoms with Gasteiger partial charge in [-0.2, -0.15) is 0 Å². The van der Waals surface area contributed by atoms with Crippen LogP contribution >= 0.6 is 0 Å². The second-order valence-electron chi connectivity index (χ2n) is 4.56. The standard InChI is InChI=1S/C15H18N2O2/c1-2-11-19-14-7-3-12(4-8-14)9-10-16-15(18)17-13-5-6-13/h1,3-4,7-8,13H,5-6,9-11H2,(H2,16,17,18). The first-order valence-electron chi connectivity index (χ1n) is 6.47. The van der Waals surface area contributed by atoms with Gasteiger partial charge in [0.25, 0.3) is 0 Å². The summed E-state index contributed by atoms with van der Waals surface area (Å²) in [5, 5.41) is 5.73. The van der Waals surface area contributed by atoms with E-state index in [1.807, 2.05) is 24.3 Å². The van der Waals surface area contributed by atoms with Crippen molar-refractivity contribution in [3.63, 3.8) is 0 Å². The highest BCUT2D eigenvalue weighted by Crippen LogP contribution is 2.18. The van der Waals surface area contributed by atoms with Gasteiger partial charge in [0.1, 0.15) is 12.4 Å². The predicted molar refractivity (Wildman–Crippen MR) is 74.0 cm³/mol. The molecule has 2 N–H and O–H groups in total. The summed E-state index contributed by atoms with van der Waals surface area (Å²) in [6, 6.07) is 8.05. The summed E-state index contributed by atoms with van der Waals surface area (Å²) in [7, 11) is 0. The fourth-order valence-electron chi connectivity index (χ4n) is 1.66. The van der Waals surface area contributed by atoms with E-state index in [4.69, 9.17) is 11.2 Å². The molecule has 0 unspecified atom stereocenters. The summed E-state index contributed by atoms with van der Waals surface area (Å²) in [5.74, 6) is 3.19.